The third kappa shape index (κ3) is 3.20. The zero-order valence-electron chi connectivity index (χ0n) is 13.9. The third-order valence-electron chi connectivity index (χ3n) is 5.19. The van der Waals surface area contributed by atoms with E-state index in [1.165, 1.54) is 12.3 Å². The first kappa shape index (κ1) is 17.1. The van der Waals surface area contributed by atoms with Crippen LogP contribution in [0.5, 0.6) is 0 Å². The molecule has 2 saturated heterocycles. The normalized spacial score (nSPS) is 26.0. The van der Waals surface area contributed by atoms with Gasteiger partial charge in [0.05, 0.1) is 6.04 Å². The second kappa shape index (κ2) is 6.75. The molecule has 2 aliphatic rings. The van der Waals surface area contributed by atoms with Crippen LogP contribution in [0.25, 0.3) is 0 Å². The molecule has 138 valence electrons. The maximum absolute atomic E-state index is 13.6. The number of rotatable bonds is 3. The van der Waals surface area contributed by atoms with E-state index in [1.54, 1.807) is 6.07 Å². The van der Waals surface area contributed by atoms with Crippen LogP contribution in [0.15, 0.2) is 34.0 Å². The highest BCUT2D eigenvalue weighted by atomic mass is 19.2. The van der Waals surface area contributed by atoms with Crippen molar-refractivity contribution >= 4 is 0 Å². The molecule has 0 amide bonds. The van der Waals surface area contributed by atoms with Crippen LogP contribution in [-0.2, 0) is 6.54 Å². The second-order valence-corrected chi connectivity index (χ2v) is 6.83. The second-order valence-electron chi connectivity index (χ2n) is 6.83. The molecule has 9 heteroatoms. The van der Waals surface area contributed by atoms with Crippen LogP contribution in [-0.4, -0.2) is 34.0 Å². The van der Waals surface area contributed by atoms with Crippen LogP contribution in [0.2, 0.25) is 0 Å². The fourth-order valence-electron chi connectivity index (χ4n) is 3.85. The van der Waals surface area contributed by atoms with Crippen LogP contribution in [0.1, 0.15) is 23.6 Å². The van der Waals surface area contributed by atoms with Crippen molar-refractivity contribution in [2.75, 3.05) is 13.1 Å². The van der Waals surface area contributed by atoms with Crippen LogP contribution in [0, 0.1) is 17.6 Å². The van der Waals surface area contributed by atoms with E-state index >= 15 is 0 Å². The number of aromatic nitrogens is 2. The minimum Gasteiger partial charge on any atom is -0.314 e. The summed E-state index contributed by atoms with van der Waals surface area (Å²) in [6, 6.07) is 4.03. The SMILES string of the molecule is O=c1[nH]cc(CN2CCC3NNC(c4ccc(F)c(F)c4)C3C2)c(=O)[nH]1. The summed E-state index contributed by atoms with van der Waals surface area (Å²) in [6.45, 7) is 1.89. The molecule has 3 heterocycles. The Hall–Kier alpha value is -2.36. The Morgan fingerprint density at radius 2 is 2.00 bits per heavy atom. The van der Waals surface area contributed by atoms with E-state index in [4.69, 9.17) is 0 Å². The Bertz CT molecular complexity index is 928. The van der Waals surface area contributed by atoms with Gasteiger partial charge in [0.25, 0.3) is 5.56 Å². The first-order valence-corrected chi connectivity index (χ1v) is 8.50. The number of nitrogens with one attached hydrogen (secondary N) is 4. The lowest BCUT2D eigenvalue weighted by Gasteiger charge is -2.36. The van der Waals surface area contributed by atoms with Gasteiger partial charge in [0.2, 0.25) is 0 Å². The molecule has 1 aromatic carbocycles. The molecule has 4 N–H and O–H groups in total. The number of piperidine rings is 1. The van der Waals surface area contributed by atoms with Gasteiger partial charge in [-0.3, -0.25) is 20.1 Å². The molecule has 0 saturated carbocycles. The first-order valence-electron chi connectivity index (χ1n) is 8.50. The maximum atomic E-state index is 13.6. The Balaban J connectivity index is 1.52. The molecule has 0 spiro atoms. The average molecular weight is 363 g/mol. The predicted molar refractivity (Wildman–Crippen MR) is 90.2 cm³/mol. The van der Waals surface area contributed by atoms with E-state index in [0.29, 0.717) is 24.2 Å². The monoisotopic (exact) mass is 363 g/mol. The topological polar surface area (TPSA) is 93.0 Å². The smallest absolute Gasteiger partial charge is 0.314 e. The Morgan fingerprint density at radius 1 is 1.15 bits per heavy atom. The van der Waals surface area contributed by atoms with E-state index in [-0.39, 0.29) is 18.0 Å². The summed E-state index contributed by atoms with van der Waals surface area (Å²) in [4.78, 5) is 29.9. The van der Waals surface area contributed by atoms with Crippen LogP contribution in [0.3, 0.4) is 0 Å². The molecule has 4 rings (SSSR count). The zero-order chi connectivity index (χ0) is 18.3. The number of hydrogen-bond acceptors (Lipinski definition) is 5. The van der Waals surface area contributed by atoms with Gasteiger partial charge in [0.15, 0.2) is 11.6 Å². The summed E-state index contributed by atoms with van der Waals surface area (Å²) in [6.07, 6.45) is 2.30. The van der Waals surface area contributed by atoms with E-state index in [9.17, 15) is 18.4 Å². The van der Waals surface area contributed by atoms with Crippen molar-refractivity contribution in [1.82, 2.24) is 25.7 Å². The molecule has 0 aliphatic carbocycles. The molecule has 3 unspecified atom stereocenters. The van der Waals surface area contributed by atoms with Gasteiger partial charge in [0, 0.05) is 43.4 Å². The lowest BCUT2D eigenvalue weighted by atomic mass is 9.85. The Labute approximate surface area is 147 Å². The van der Waals surface area contributed by atoms with Gasteiger partial charge < -0.3 is 4.98 Å². The molecular weight excluding hydrogens is 344 g/mol. The highest BCUT2D eigenvalue weighted by Gasteiger charge is 2.40. The number of nitrogens with zero attached hydrogens (tertiary/aromatic N) is 1. The number of aromatic amines is 2. The van der Waals surface area contributed by atoms with Crippen LogP contribution >= 0.6 is 0 Å². The van der Waals surface area contributed by atoms with Gasteiger partial charge in [-0.05, 0) is 24.1 Å². The van der Waals surface area contributed by atoms with Crippen molar-refractivity contribution < 1.29 is 8.78 Å². The highest BCUT2D eigenvalue weighted by molar-refractivity contribution is 5.24. The van der Waals surface area contributed by atoms with E-state index in [1.807, 2.05) is 0 Å². The van der Waals surface area contributed by atoms with Crippen molar-refractivity contribution in [2.45, 2.75) is 25.0 Å². The molecule has 3 atom stereocenters. The summed E-state index contributed by atoms with van der Waals surface area (Å²) >= 11 is 0. The van der Waals surface area contributed by atoms with Gasteiger partial charge in [-0.25, -0.2) is 19.0 Å². The fourth-order valence-corrected chi connectivity index (χ4v) is 3.85. The number of likely N-dealkylation sites (tertiary alicyclic amines) is 1. The predicted octanol–water partition coefficient (Wildman–Crippen LogP) is 0.381. The summed E-state index contributed by atoms with van der Waals surface area (Å²) in [5.74, 6) is -1.57. The van der Waals surface area contributed by atoms with Gasteiger partial charge in [-0.15, -0.1) is 0 Å². The van der Waals surface area contributed by atoms with Crippen molar-refractivity contribution in [3.05, 3.63) is 68.0 Å². The number of hydrazine groups is 1. The molecule has 7 nitrogen and oxygen atoms in total. The van der Waals surface area contributed by atoms with Crippen molar-refractivity contribution in [1.29, 1.82) is 0 Å². The standard InChI is InChI=1S/C17H19F2N5O2/c18-12-2-1-9(5-13(12)19)15-11-8-24(4-3-14(11)22-23-15)7-10-6-20-17(26)21-16(10)25/h1-2,5-6,11,14-15,22-23H,3-4,7-8H2,(H2,20,21,25,26). The molecule has 1 aromatic heterocycles. The zero-order valence-corrected chi connectivity index (χ0v) is 13.9. The number of fused-ring (bicyclic) bond motifs is 1. The highest BCUT2D eigenvalue weighted by Crippen LogP contribution is 2.34. The molecule has 2 aliphatic heterocycles. The van der Waals surface area contributed by atoms with Crippen LogP contribution < -0.4 is 22.1 Å². The van der Waals surface area contributed by atoms with Crippen molar-refractivity contribution in [3.8, 4) is 0 Å². The quantitative estimate of drug-likeness (QED) is 0.633. The van der Waals surface area contributed by atoms with E-state index in [0.717, 1.165) is 19.0 Å². The van der Waals surface area contributed by atoms with Crippen molar-refractivity contribution in [3.63, 3.8) is 0 Å². The lowest BCUT2D eigenvalue weighted by Crippen LogP contribution is -2.45. The van der Waals surface area contributed by atoms with Gasteiger partial charge in [-0.1, -0.05) is 6.07 Å². The number of hydrogen-bond donors (Lipinski definition) is 4. The van der Waals surface area contributed by atoms with E-state index < -0.39 is 22.9 Å². The molecule has 0 radical (unpaired) electrons. The van der Waals surface area contributed by atoms with Crippen LogP contribution in [0.4, 0.5) is 8.78 Å². The molecule has 2 aromatic rings. The summed E-state index contributed by atoms with van der Waals surface area (Å²) < 4.78 is 26.8. The summed E-state index contributed by atoms with van der Waals surface area (Å²) in [5, 5.41) is 0. The molecular formula is C17H19F2N5O2. The number of halogens is 2. The van der Waals surface area contributed by atoms with E-state index in [2.05, 4.69) is 25.7 Å². The number of H-pyrrole nitrogens is 2. The third-order valence-corrected chi connectivity index (χ3v) is 5.19. The average Bonchev–Trinajstić information content (AvgIpc) is 3.03. The lowest BCUT2D eigenvalue weighted by molar-refractivity contribution is 0.147. The first-order chi connectivity index (χ1) is 12.5. The Morgan fingerprint density at radius 3 is 2.77 bits per heavy atom. The minimum atomic E-state index is -0.862. The van der Waals surface area contributed by atoms with Gasteiger partial charge in [0.1, 0.15) is 0 Å². The summed E-state index contributed by atoms with van der Waals surface area (Å²) in [7, 11) is 0. The summed E-state index contributed by atoms with van der Waals surface area (Å²) in [5.41, 5.74) is 6.68. The molecule has 26 heavy (non-hydrogen) atoms. The van der Waals surface area contributed by atoms with Gasteiger partial charge >= 0.3 is 5.69 Å². The number of benzene rings is 1. The fraction of sp³-hybridized carbons (Fsp3) is 0.412. The largest absolute Gasteiger partial charge is 0.325 e. The maximum Gasteiger partial charge on any atom is 0.325 e. The Kier molecular flexibility index (Phi) is 4.43. The molecule has 2 fully saturated rings. The van der Waals surface area contributed by atoms with Gasteiger partial charge in [-0.2, -0.15) is 0 Å². The van der Waals surface area contributed by atoms with Crippen molar-refractivity contribution in [2.24, 2.45) is 5.92 Å². The molecule has 0 bridgehead atoms. The minimum absolute atomic E-state index is 0.147.